The number of anilines is 1. The van der Waals surface area contributed by atoms with E-state index in [2.05, 4.69) is 5.32 Å². The highest BCUT2D eigenvalue weighted by molar-refractivity contribution is 5.53. The van der Waals surface area contributed by atoms with E-state index < -0.39 is 10.7 Å². The van der Waals surface area contributed by atoms with Crippen molar-refractivity contribution in [2.24, 2.45) is 0 Å². The number of nitrogens with zero attached hydrogens (tertiary/aromatic N) is 1. The fraction of sp³-hybridized carbons (Fsp3) is 0.143. The number of fused-ring (bicyclic) bond motifs is 1. The minimum atomic E-state index is -0.649. The van der Waals surface area contributed by atoms with Crippen molar-refractivity contribution in [3.63, 3.8) is 0 Å². The van der Waals surface area contributed by atoms with E-state index in [1.807, 2.05) is 24.3 Å². The summed E-state index contributed by atoms with van der Waals surface area (Å²) in [6.45, 7) is 0.399. The summed E-state index contributed by atoms with van der Waals surface area (Å²) >= 11 is 0. The number of hydrogen-bond acceptors (Lipinski definition) is 4. The van der Waals surface area contributed by atoms with Gasteiger partial charge in [-0.3, -0.25) is 10.1 Å². The van der Waals surface area contributed by atoms with Crippen LogP contribution in [0.3, 0.4) is 0 Å². The summed E-state index contributed by atoms with van der Waals surface area (Å²) in [6.07, 6.45) is 0. The zero-order valence-corrected chi connectivity index (χ0v) is 10.4. The van der Waals surface area contributed by atoms with E-state index in [1.54, 1.807) is 0 Å². The lowest BCUT2D eigenvalue weighted by atomic mass is 10.1. The quantitative estimate of drug-likeness (QED) is 0.689. The van der Waals surface area contributed by atoms with E-state index in [-0.39, 0.29) is 17.4 Å². The number of ether oxygens (including phenoxy) is 1. The number of benzene rings is 2. The molecule has 3 rings (SSSR count). The van der Waals surface area contributed by atoms with Crippen LogP contribution in [0.4, 0.5) is 15.8 Å². The molecule has 0 fully saturated rings. The zero-order valence-electron chi connectivity index (χ0n) is 10.4. The number of nitrogens with one attached hydrogen (secondary N) is 1. The molecule has 1 aliphatic heterocycles. The first-order chi connectivity index (χ1) is 9.65. The maximum Gasteiger partial charge on any atom is 0.272 e. The van der Waals surface area contributed by atoms with Gasteiger partial charge in [0.05, 0.1) is 22.7 Å². The molecule has 0 aromatic heterocycles. The average Bonchev–Trinajstić information content (AvgIpc) is 2.84. The van der Waals surface area contributed by atoms with Gasteiger partial charge in [0.2, 0.25) is 0 Å². The van der Waals surface area contributed by atoms with Crippen LogP contribution >= 0.6 is 0 Å². The summed E-state index contributed by atoms with van der Waals surface area (Å²) in [5, 5.41) is 13.6. The van der Waals surface area contributed by atoms with Crippen molar-refractivity contribution in [2.75, 3.05) is 11.9 Å². The van der Waals surface area contributed by atoms with Gasteiger partial charge in [-0.1, -0.05) is 18.2 Å². The SMILES string of the molecule is O=[N+]([O-])c1ccc(NC2COc3ccccc32)c(F)c1. The van der Waals surface area contributed by atoms with E-state index in [1.165, 1.54) is 12.1 Å². The van der Waals surface area contributed by atoms with Crippen LogP contribution in [0, 0.1) is 15.9 Å². The number of rotatable bonds is 3. The lowest BCUT2D eigenvalue weighted by molar-refractivity contribution is -0.385. The molecule has 1 N–H and O–H groups in total. The Kier molecular flexibility index (Phi) is 2.98. The molecule has 0 saturated carbocycles. The molecule has 0 radical (unpaired) electrons. The molecule has 0 spiro atoms. The second kappa shape index (κ2) is 4.80. The fourth-order valence-electron chi connectivity index (χ4n) is 2.20. The Hall–Kier alpha value is -2.63. The fourth-order valence-corrected chi connectivity index (χ4v) is 2.20. The summed E-state index contributed by atoms with van der Waals surface area (Å²) in [7, 11) is 0. The molecule has 6 heteroatoms. The van der Waals surface area contributed by atoms with Gasteiger partial charge in [0.1, 0.15) is 12.4 Å². The van der Waals surface area contributed by atoms with Gasteiger partial charge < -0.3 is 10.1 Å². The summed E-state index contributed by atoms with van der Waals surface area (Å²) < 4.78 is 19.3. The molecule has 1 atom stereocenters. The summed E-state index contributed by atoms with van der Waals surface area (Å²) in [4.78, 5) is 9.95. The number of nitro groups is 1. The molecule has 5 nitrogen and oxygen atoms in total. The second-order valence-electron chi connectivity index (χ2n) is 4.47. The molecular formula is C14H11FN2O3. The Morgan fingerprint density at radius 1 is 1.30 bits per heavy atom. The van der Waals surface area contributed by atoms with Gasteiger partial charge in [-0.15, -0.1) is 0 Å². The highest BCUT2D eigenvalue weighted by Gasteiger charge is 2.24. The van der Waals surface area contributed by atoms with E-state index in [9.17, 15) is 14.5 Å². The van der Waals surface area contributed by atoms with Crippen LogP contribution in [0.15, 0.2) is 42.5 Å². The van der Waals surface area contributed by atoms with Crippen molar-refractivity contribution < 1.29 is 14.1 Å². The van der Waals surface area contributed by atoms with Crippen molar-refractivity contribution in [1.82, 2.24) is 0 Å². The minimum absolute atomic E-state index is 0.165. The lowest BCUT2D eigenvalue weighted by Gasteiger charge is -2.13. The smallest absolute Gasteiger partial charge is 0.272 e. The van der Waals surface area contributed by atoms with Crippen molar-refractivity contribution in [3.8, 4) is 5.75 Å². The van der Waals surface area contributed by atoms with Gasteiger partial charge in [-0.05, 0) is 12.1 Å². The molecule has 20 heavy (non-hydrogen) atoms. The summed E-state index contributed by atoms with van der Waals surface area (Å²) in [5.74, 6) is 0.121. The minimum Gasteiger partial charge on any atom is -0.491 e. The van der Waals surface area contributed by atoms with Crippen molar-refractivity contribution in [2.45, 2.75) is 6.04 Å². The van der Waals surface area contributed by atoms with Crippen LogP contribution in [0.5, 0.6) is 5.75 Å². The Morgan fingerprint density at radius 3 is 2.85 bits per heavy atom. The zero-order chi connectivity index (χ0) is 14.1. The maximum absolute atomic E-state index is 13.8. The average molecular weight is 274 g/mol. The van der Waals surface area contributed by atoms with Gasteiger partial charge in [0.15, 0.2) is 5.82 Å². The van der Waals surface area contributed by atoms with Gasteiger partial charge in [0, 0.05) is 11.6 Å². The molecule has 0 saturated heterocycles. The Balaban J connectivity index is 1.84. The Morgan fingerprint density at radius 2 is 2.10 bits per heavy atom. The monoisotopic (exact) mass is 274 g/mol. The maximum atomic E-state index is 13.8. The first-order valence-corrected chi connectivity index (χ1v) is 6.07. The first kappa shape index (κ1) is 12.4. The van der Waals surface area contributed by atoms with Gasteiger partial charge in [-0.2, -0.15) is 0 Å². The van der Waals surface area contributed by atoms with Gasteiger partial charge in [0.25, 0.3) is 5.69 Å². The molecule has 0 bridgehead atoms. The largest absolute Gasteiger partial charge is 0.491 e. The van der Waals surface area contributed by atoms with E-state index in [0.717, 1.165) is 17.4 Å². The highest BCUT2D eigenvalue weighted by atomic mass is 19.1. The predicted molar refractivity (Wildman–Crippen MR) is 71.4 cm³/mol. The first-order valence-electron chi connectivity index (χ1n) is 6.07. The standard InChI is InChI=1S/C14H11FN2O3/c15-11-7-9(17(18)19)5-6-12(11)16-13-8-20-14-4-2-1-3-10(13)14/h1-7,13,16H,8H2. The van der Waals surface area contributed by atoms with Crippen LogP contribution in [0.2, 0.25) is 0 Å². The second-order valence-corrected chi connectivity index (χ2v) is 4.47. The van der Waals surface area contributed by atoms with Crippen LogP contribution in [-0.2, 0) is 0 Å². The Bertz CT molecular complexity index is 675. The number of halogens is 1. The van der Waals surface area contributed by atoms with Crippen LogP contribution < -0.4 is 10.1 Å². The third-order valence-corrected chi connectivity index (χ3v) is 3.19. The predicted octanol–water partition coefficient (Wildman–Crippen LogP) is 3.28. The topological polar surface area (TPSA) is 64.4 Å². The van der Waals surface area contributed by atoms with E-state index >= 15 is 0 Å². The molecule has 102 valence electrons. The van der Waals surface area contributed by atoms with E-state index in [4.69, 9.17) is 4.74 Å². The normalized spacial score (nSPS) is 16.4. The molecule has 1 unspecified atom stereocenters. The van der Waals surface area contributed by atoms with Gasteiger partial charge >= 0.3 is 0 Å². The van der Waals surface area contributed by atoms with Crippen LogP contribution in [-0.4, -0.2) is 11.5 Å². The molecular weight excluding hydrogens is 263 g/mol. The van der Waals surface area contributed by atoms with Crippen LogP contribution in [0.1, 0.15) is 11.6 Å². The van der Waals surface area contributed by atoms with Gasteiger partial charge in [-0.25, -0.2) is 4.39 Å². The molecule has 0 aliphatic carbocycles. The Labute approximate surface area is 114 Å². The molecule has 1 heterocycles. The molecule has 0 amide bonds. The molecule has 2 aromatic rings. The van der Waals surface area contributed by atoms with E-state index in [0.29, 0.717) is 6.61 Å². The summed E-state index contributed by atoms with van der Waals surface area (Å²) in [5.41, 5.74) is 0.905. The molecule has 1 aliphatic rings. The van der Waals surface area contributed by atoms with Crippen molar-refractivity contribution in [1.29, 1.82) is 0 Å². The number of nitro benzene ring substituents is 1. The lowest BCUT2D eigenvalue weighted by Crippen LogP contribution is -2.13. The third-order valence-electron chi connectivity index (χ3n) is 3.19. The third kappa shape index (κ3) is 2.16. The van der Waals surface area contributed by atoms with Crippen LogP contribution in [0.25, 0.3) is 0 Å². The number of non-ortho nitro benzene ring substituents is 1. The van der Waals surface area contributed by atoms with Crippen molar-refractivity contribution in [3.05, 3.63) is 64.0 Å². The van der Waals surface area contributed by atoms with Crippen molar-refractivity contribution >= 4 is 11.4 Å². The number of hydrogen-bond donors (Lipinski definition) is 1. The molecule has 2 aromatic carbocycles. The number of para-hydroxylation sites is 1. The summed E-state index contributed by atoms with van der Waals surface area (Å²) in [6, 6.07) is 10.9. The highest BCUT2D eigenvalue weighted by Crippen LogP contribution is 2.34.